The first-order chi connectivity index (χ1) is 21.7. The lowest BCUT2D eigenvalue weighted by molar-refractivity contribution is -0.389. The SMILES string of the molecule is O=[N+]([O-])c1cn2c(n1)O[C@H](COc1ccc(N3CCN(Cc4ccc(OCc5ccc(C(F)(F)F)cc5)cc4)CC3)cc1)CC2. The number of benzene rings is 3. The molecular weight excluding hydrogens is 591 g/mol. The van der Waals surface area contributed by atoms with Crippen LogP contribution >= 0.6 is 0 Å². The van der Waals surface area contributed by atoms with Crippen LogP contribution in [0.3, 0.4) is 0 Å². The van der Waals surface area contributed by atoms with Gasteiger partial charge in [0.1, 0.15) is 37.0 Å². The van der Waals surface area contributed by atoms with Crippen LogP contribution in [0.1, 0.15) is 23.1 Å². The fourth-order valence-electron chi connectivity index (χ4n) is 5.35. The number of imidazole rings is 1. The third kappa shape index (κ3) is 7.66. The maximum atomic E-state index is 12.7. The lowest BCUT2D eigenvalue weighted by Crippen LogP contribution is -2.45. The molecule has 13 heteroatoms. The summed E-state index contributed by atoms with van der Waals surface area (Å²) in [6.07, 6.45) is -2.52. The second-order valence-electron chi connectivity index (χ2n) is 11.1. The molecule has 3 aromatic carbocycles. The first kappa shape index (κ1) is 30.3. The first-order valence-electron chi connectivity index (χ1n) is 14.7. The molecule has 1 atom stereocenters. The number of aromatic nitrogens is 2. The molecule has 0 radical (unpaired) electrons. The van der Waals surface area contributed by atoms with Crippen molar-refractivity contribution < 1.29 is 32.3 Å². The number of ether oxygens (including phenoxy) is 3. The van der Waals surface area contributed by atoms with Crippen LogP contribution in [-0.2, 0) is 25.9 Å². The zero-order valence-electron chi connectivity index (χ0n) is 24.4. The van der Waals surface area contributed by atoms with Gasteiger partial charge in [-0.2, -0.15) is 13.2 Å². The van der Waals surface area contributed by atoms with E-state index in [2.05, 4.69) is 14.8 Å². The monoisotopic (exact) mass is 623 g/mol. The number of nitro groups is 1. The van der Waals surface area contributed by atoms with Crippen molar-refractivity contribution in [3.05, 3.63) is 106 Å². The molecule has 4 aromatic rings. The van der Waals surface area contributed by atoms with Gasteiger partial charge in [0.05, 0.1) is 5.56 Å². The minimum atomic E-state index is -4.35. The highest BCUT2D eigenvalue weighted by molar-refractivity contribution is 5.49. The second-order valence-corrected chi connectivity index (χ2v) is 11.1. The molecule has 0 aliphatic carbocycles. The Hall–Kier alpha value is -4.78. The highest BCUT2D eigenvalue weighted by atomic mass is 19.4. The number of nitrogens with zero attached hydrogens (tertiary/aromatic N) is 5. The van der Waals surface area contributed by atoms with E-state index in [-0.39, 0.29) is 24.5 Å². The van der Waals surface area contributed by atoms with Gasteiger partial charge in [0.15, 0.2) is 0 Å². The summed E-state index contributed by atoms with van der Waals surface area (Å²) < 4.78 is 57.4. The zero-order chi connectivity index (χ0) is 31.4. The molecule has 1 aromatic heterocycles. The first-order valence-corrected chi connectivity index (χ1v) is 14.7. The van der Waals surface area contributed by atoms with Crippen molar-refractivity contribution in [2.24, 2.45) is 0 Å². The second kappa shape index (κ2) is 13.1. The molecule has 236 valence electrons. The van der Waals surface area contributed by atoms with Crippen LogP contribution in [0.5, 0.6) is 17.5 Å². The molecule has 10 nitrogen and oxygen atoms in total. The summed E-state index contributed by atoms with van der Waals surface area (Å²) in [7, 11) is 0. The smallest absolute Gasteiger partial charge is 0.416 e. The Labute approximate surface area is 257 Å². The summed E-state index contributed by atoms with van der Waals surface area (Å²) in [6, 6.07) is 21.0. The predicted molar refractivity (Wildman–Crippen MR) is 160 cm³/mol. The number of piperazine rings is 1. The summed E-state index contributed by atoms with van der Waals surface area (Å²) in [5.41, 5.74) is 2.29. The highest BCUT2D eigenvalue weighted by Crippen LogP contribution is 2.30. The molecule has 0 spiro atoms. The van der Waals surface area contributed by atoms with Crippen molar-refractivity contribution in [2.75, 3.05) is 37.7 Å². The van der Waals surface area contributed by atoms with Gasteiger partial charge in [-0.1, -0.05) is 24.3 Å². The normalized spacial score (nSPS) is 17.0. The van der Waals surface area contributed by atoms with Crippen molar-refractivity contribution in [3.8, 4) is 17.5 Å². The molecule has 0 saturated carbocycles. The van der Waals surface area contributed by atoms with Gasteiger partial charge < -0.3 is 29.2 Å². The number of rotatable bonds is 10. The van der Waals surface area contributed by atoms with Crippen LogP contribution < -0.4 is 19.1 Å². The van der Waals surface area contributed by atoms with Crippen molar-refractivity contribution in [1.29, 1.82) is 0 Å². The predicted octanol–water partition coefficient (Wildman–Crippen LogP) is 5.94. The fourth-order valence-corrected chi connectivity index (χ4v) is 5.35. The number of alkyl halides is 3. The summed E-state index contributed by atoms with van der Waals surface area (Å²) in [6.45, 7) is 5.54. The molecule has 0 unspecified atom stereocenters. The largest absolute Gasteiger partial charge is 0.490 e. The average Bonchev–Trinajstić information content (AvgIpc) is 3.48. The Morgan fingerprint density at radius 2 is 1.51 bits per heavy atom. The molecule has 1 fully saturated rings. The van der Waals surface area contributed by atoms with Gasteiger partial charge in [0.25, 0.3) is 0 Å². The Kier molecular flexibility index (Phi) is 8.78. The van der Waals surface area contributed by atoms with E-state index in [4.69, 9.17) is 14.2 Å². The van der Waals surface area contributed by atoms with Crippen LogP contribution in [0, 0.1) is 10.1 Å². The number of halogens is 3. The third-order valence-corrected chi connectivity index (χ3v) is 7.90. The Morgan fingerprint density at radius 1 is 0.867 bits per heavy atom. The molecule has 6 rings (SSSR count). The Morgan fingerprint density at radius 3 is 2.18 bits per heavy atom. The maximum Gasteiger partial charge on any atom is 0.416 e. The summed E-state index contributed by atoms with van der Waals surface area (Å²) in [4.78, 5) is 19.1. The van der Waals surface area contributed by atoms with Gasteiger partial charge in [-0.25, -0.2) is 0 Å². The molecule has 2 aliphatic heterocycles. The minimum Gasteiger partial charge on any atom is -0.490 e. The molecule has 0 bridgehead atoms. The number of hydrogen-bond donors (Lipinski definition) is 0. The van der Waals surface area contributed by atoms with E-state index in [1.165, 1.54) is 18.3 Å². The molecule has 1 saturated heterocycles. The van der Waals surface area contributed by atoms with Crippen LogP contribution in [0.15, 0.2) is 79.0 Å². The van der Waals surface area contributed by atoms with Gasteiger partial charge in [-0.05, 0) is 64.6 Å². The number of anilines is 1. The molecular formula is C32H32F3N5O5. The molecule has 45 heavy (non-hydrogen) atoms. The molecule has 3 heterocycles. The van der Waals surface area contributed by atoms with Crippen LogP contribution in [0.4, 0.5) is 24.7 Å². The topological polar surface area (TPSA) is 95.1 Å². The van der Waals surface area contributed by atoms with E-state index in [1.54, 1.807) is 4.57 Å². The van der Waals surface area contributed by atoms with Gasteiger partial charge in [0.2, 0.25) is 0 Å². The van der Waals surface area contributed by atoms with Crippen molar-refractivity contribution in [1.82, 2.24) is 14.5 Å². The van der Waals surface area contributed by atoms with E-state index in [1.807, 2.05) is 48.5 Å². The molecule has 0 amide bonds. The van der Waals surface area contributed by atoms with Gasteiger partial charge in [-0.15, -0.1) is 0 Å². The lowest BCUT2D eigenvalue weighted by atomic mass is 10.1. The van der Waals surface area contributed by atoms with Crippen LogP contribution in [-0.4, -0.2) is 58.3 Å². The Balaban J connectivity index is 0.914. The quantitative estimate of drug-likeness (QED) is 0.158. The highest BCUT2D eigenvalue weighted by Gasteiger charge is 2.30. The van der Waals surface area contributed by atoms with E-state index in [0.29, 0.717) is 30.9 Å². The van der Waals surface area contributed by atoms with Gasteiger partial charge >= 0.3 is 18.0 Å². The van der Waals surface area contributed by atoms with Crippen molar-refractivity contribution in [2.45, 2.75) is 38.4 Å². The number of aryl methyl sites for hydroxylation is 1. The Bertz CT molecular complexity index is 1590. The van der Waals surface area contributed by atoms with Gasteiger partial charge in [0, 0.05) is 56.4 Å². The van der Waals surface area contributed by atoms with E-state index in [9.17, 15) is 23.3 Å². The van der Waals surface area contributed by atoms with Crippen LogP contribution in [0.25, 0.3) is 0 Å². The maximum absolute atomic E-state index is 12.7. The third-order valence-electron chi connectivity index (χ3n) is 7.90. The standard InChI is InChI=1S/C32H32F3N5O5/c33-32(34,35)25-5-1-24(2-6-25)21-43-27-9-3-23(4-10-27)19-37-15-17-38(18-16-37)26-7-11-28(12-8-26)44-22-29-13-14-39-20-30(40(41)42)36-31(39)45-29/h1-12,20,29H,13-19,21-22H2/t29-/m0/s1. The van der Waals surface area contributed by atoms with E-state index in [0.717, 1.165) is 61.9 Å². The average molecular weight is 624 g/mol. The van der Waals surface area contributed by atoms with Crippen molar-refractivity contribution in [3.63, 3.8) is 0 Å². The molecule has 2 aliphatic rings. The fraction of sp³-hybridized carbons (Fsp3) is 0.344. The lowest BCUT2D eigenvalue weighted by Gasteiger charge is -2.36. The number of fused-ring (bicyclic) bond motifs is 1. The summed E-state index contributed by atoms with van der Waals surface area (Å²) >= 11 is 0. The van der Waals surface area contributed by atoms with E-state index >= 15 is 0 Å². The van der Waals surface area contributed by atoms with Crippen molar-refractivity contribution >= 4 is 11.5 Å². The van der Waals surface area contributed by atoms with E-state index < -0.39 is 16.7 Å². The summed E-state index contributed by atoms with van der Waals surface area (Å²) in [5, 5.41) is 11.0. The molecule has 0 N–H and O–H groups in total. The van der Waals surface area contributed by atoms with Gasteiger partial charge in [-0.3, -0.25) is 9.47 Å². The van der Waals surface area contributed by atoms with Crippen LogP contribution in [0.2, 0.25) is 0 Å². The zero-order valence-corrected chi connectivity index (χ0v) is 24.4. The number of hydrogen-bond acceptors (Lipinski definition) is 8. The summed E-state index contributed by atoms with van der Waals surface area (Å²) in [5.74, 6) is 1.18. The minimum absolute atomic E-state index is 0.197.